The summed E-state index contributed by atoms with van der Waals surface area (Å²) in [4.78, 5) is 24.1. The predicted molar refractivity (Wildman–Crippen MR) is 87.2 cm³/mol. The maximum Gasteiger partial charge on any atom is 0.275 e. The first-order valence-electron chi connectivity index (χ1n) is 6.89. The molecule has 0 saturated heterocycles. The number of rotatable bonds is 4. The molecule has 0 aliphatic carbocycles. The molecule has 2 amide bonds. The van der Waals surface area contributed by atoms with Crippen molar-refractivity contribution in [2.45, 2.75) is 0 Å². The molecular weight excluding hydrogens is 312 g/mol. The first-order valence-corrected chi connectivity index (χ1v) is 6.89. The van der Waals surface area contributed by atoms with Crippen molar-refractivity contribution in [2.75, 3.05) is 7.11 Å². The van der Waals surface area contributed by atoms with Crippen molar-refractivity contribution in [3.8, 4) is 17.2 Å². The molecule has 0 fully saturated rings. The van der Waals surface area contributed by atoms with Gasteiger partial charge in [-0.1, -0.05) is 6.07 Å². The summed E-state index contributed by atoms with van der Waals surface area (Å²) in [5, 5.41) is 19.1. The van der Waals surface area contributed by atoms with Gasteiger partial charge in [0.25, 0.3) is 11.8 Å². The van der Waals surface area contributed by atoms with Crippen LogP contribution in [0, 0.1) is 0 Å². The molecule has 0 saturated carbocycles. The number of benzene rings is 2. The minimum absolute atomic E-state index is 0.238. The van der Waals surface area contributed by atoms with Crippen LogP contribution in [0.2, 0.25) is 0 Å². The Kier molecular flexibility index (Phi) is 5.18. The van der Waals surface area contributed by atoms with Gasteiger partial charge in [-0.25, -0.2) is 10.9 Å². The molecule has 0 aliphatic heterocycles. The highest BCUT2D eigenvalue weighted by Gasteiger charge is 2.17. The van der Waals surface area contributed by atoms with E-state index < -0.39 is 11.8 Å². The quantitative estimate of drug-likeness (QED) is 0.259. The Bertz CT molecular complexity index is 784. The highest BCUT2D eigenvalue weighted by Crippen LogP contribution is 2.25. The first kappa shape index (κ1) is 17.0. The third kappa shape index (κ3) is 3.90. The summed E-state index contributed by atoms with van der Waals surface area (Å²) in [6.45, 7) is 0. The van der Waals surface area contributed by atoms with E-state index >= 15 is 0 Å². The minimum atomic E-state index is -0.733. The predicted octanol–water partition coefficient (Wildman–Crippen LogP) is 1.66. The van der Waals surface area contributed by atoms with Crippen LogP contribution >= 0.6 is 0 Å². The Morgan fingerprint density at radius 3 is 2.33 bits per heavy atom. The molecule has 7 nitrogen and oxygen atoms in total. The molecule has 0 heterocycles. The largest absolute Gasteiger partial charge is 0.504 e. The fraction of sp³-hybridized carbons (Fsp3) is 0.0588. The van der Waals surface area contributed by atoms with Crippen molar-refractivity contribution in [3.05, 3.63) is 59.7 Å². The SMILES string of the molecule is COc1ccc(C(=O)N(N)C(=O)/C=C/c2ccc(O)c(O)c2)cc1. The third-order valence-corrected chi connectivity index (χ3v) is 3.21. The molecule has 0 atom stereocenters. The number of phenolic OH excluding ortho intramolecular Hbond substituents is 2. The monoisotopic (exact) mass is 328 g/mol. The van der Waals surface area contributed by atoms with Crippen molar-refractivity contribution in [2.24, 2.45) is 5.84 Å². The molecule has 7 heteroatoms. The maximum absolute atomic E-state index is 12.1. The molecule has 0 aliphatic rings. The number of amides is 2. The number of imide groups is 1. The molecule has 0 aromatic heterocycles. The van der Waals surface area contributed by atoms with Gasteiger partial charge in [0.1, 0.15) is 5.75 Å². The number of hydrogen-bond donors (Lipinski definition) is 3. The molecule has 24 heavy (non-hydrogen) atoms. The standard InChI is InChI=1S/C17H16N2O5/c1-24-13-6-4-12(5-7-13)17(23)19(18)16(22)9-3-11-2-8-14(20)15(21)10-11/h2-10,20-21H,18H2,1H3/b9-3+. The number of nitrogens with zero attached hydrogens (tertiary/aromatic N) is 1. The molecule has 0 radical (unpaired) electrons. The zero-order valence-electron chi connectivity index (χ0n) is 12.8. The zero-order chi connectivity index (χ0) is 17.7. The average molecular weight is 328 g/mol. The van der Waals surface area contributed by atoms with Crippen molar-refractivity contribution in [3.63, 3.8) is 0 Å². The molecule has 2 rings (SSSR count). The van der Waals surface area contributed by atoms with Crippen molar-refractivity contribution < 1.29 is 24.5 Å². The van der Waals surface area contributed by atoms with E-state index in [4.69, 9.17) is 10.6 Å². The van der Waals surface area contributed by atoms with Gasteiger partial charge in [0.2, 0.25) is 0 Å². The van der Waals surface area contributed by atoms with E-state index in [2.05, 4.69) is 0 Å². The molecular formula is C17H16N2O5. The lowest BCUT2D eigenvalue weighted by molar-refractivity contribution is -0.123. The summed E-state index contributed by atoms with van der Waals surface area (Å²) in [5.41, 5.74) is 0.700. The second-order valence-corrected chi connectivity index (χ2v) is 4.82. The van der Waals surface area contributed by atoms with Crippen molar-refractivity contribution >= 4 is 17.9 Å². The van der Waals surface area contributed by atoms with Gasteiger partial charge in [-0.3, -0.25) is 9.59 Å². The van der Waals surface area contributed by atoms with Crippen LogP contribution in [0.4, 0.5) is 0 Å². The molecule has 0 unspecified atom stereocenters. The first-order chi connectivity index (χ1) is 11.4. The number of nitrogens with two attached hydrogens (primary N) is 1. The Balaban J connectivity index is 2.08. The van der Waals surface area contributed by atoms with E-state index in [0.717, 1.165) is 6.08 Å². The number of methoxy groups -OCH3 is 1. The van der Waals surface area contributed by atoms with Gasteiger partial charge in [0.15, 0.2) is 11.5 Å². The molecule has 4 N–H and O–H groups in total. The number of ether oxygens (including phenoxy) is 1. The van der Waals surface area contributed by atoms with Crippen LogP contribution in [0.15, 0.2) is 48.5 Å². The van der Waals surface area contributed by atoms with E-state index in [0.29, 0.717) is 16.3 Å². The Labute approximate surface area is 138 Å². The van der Waals surface area contributed by atoms with Crippen LogP contribution in [-0.4, -0.2) is 34.1 Å². The van der Waals surface area contributed by atoms with Gasteiger partial charge in [0, 0.05) is 11.6 Å². The average Bonchev–Trinajstić information content (AvgIpc) is 2.61. The number of carbonyl (C=O) groups excluding carboxylic acids is 2. The van der Waals surface area contributed by atoms with Gasteiger partial charge < -0.3 is 14.9 Å². The lowest BCUT2D eigenvalue weighted by Crippen LogP contribution is -2.41. The van der Waals surface area contributed by atoms with Gasteiger partial charge >= 0.3 is 0 Å². The number of phenols is 2. The zero-order valence-corrected chi connectivity index (χ0v) is 12.8. The second kappa shape index (κ2) is 7.30. The van der Waals surface area contributed by atoms with Crippen LogP contribution in [-0.2, 0) is 4.79 Å². The fourth-order valence-corrected chi connectivity index (χ4v) is 1.86. The van der Waals surface area contributed by atoms with Crippen LogP contribution in [0.5, 0.6) is 17.2 Å². The topological polar surface area (TPSA) is 113 Å². The normalized spacial score (nSPS) is 10.6. The Hall–Kier alpha value is -3.32. The summed E-state index contributed by atoms with van der Waals surface area (Å²) < 4.78 is 4.99. The molecule has 2 aromatic rings. The van der Waals surface area contributed by atoms with Gasteiger partial charge in [0.05, 0.1) is 7.11 Å². The fourth-order valence-electron chi connectivity index (χ4n) is 1.86. The molecule has 2 aromatic carbocycles. The number of carbonyl (C=O) groups is 2. The van der Waals surface area contributed by atoms with Crippen LogP contribution in [0.3, 0.4) is 0 Å². The van der Waals surface area contributed by atoms with E-state index in [-0.39, 0.29) is 17.1 Å². The highest BCUT2D eigenvalue weighted by molar-refractivity contribution is 6.08. The van der Waals surface area contributed by atoms with Gasteiger partial charge in [-0.15, -0.1) is 0 Å². The summed E-state index contributed by atoms with van der Waals surface area (Å²) in [5.74, 6) is 4.14. The van der Waals surface area contributed by atoms with E-state index in [9.17, 15) is 19.8 Å². The molecule has 124 valence electrons. The Morgan fingerprint density at radius 1 is 1.08 bits per heavy atom. The maximum atomic E-state index is 12.1. The van der Waals surface area contributed by atoms with Crippen LogP contribution in [0.1, 0.15) is 15.9 Å². The molecule has 0 bridgehead atoms. The summed E-state index contributed by atoms with van der Waals surface area (Å²) in [7, 11) is 1.50. The second-order valence-electron chi connectivity index (χ2n) is 4.82. The third-order valence-electron chi connectivity index (χ3n) is 3.21. The Morgan fingerprint density at radius 2 is 1.75 bits per heavy atom. The number of aromatic hydroxyl groups is 2. The molecule has 0 spiro atoms. The summed E-state index contributed by atoms with van der Waals surface area (Å²) in [6.07, 6.45) is 2.45. The summed E-state index contributed by atoms with van der Waals surface area (Å²) >= 11 is 0. The van der Waals surface area contributed by atoms with Crippen LogP contribution < -0.4 is 10.6 Å². The number of hydrogen-bond acceptors (Lipinski definition) is 6. The van der Waals surface area contributed by atoms with Crippen molar-refractivity contribution in [1.29, 1.82) is 0 Å². The van der Waals surface area contributed by atoms with Crippen molar-refractivity contribution in [1.82, 2.24) is 5.01 Å². The number of hydrazine groups is 1. The minimum Gasteiger partial charge on any atom is -0.504 e. The van der Waals surface area contributed by atoms with Crippen LogP contribution in [0.25, 0.3) is 6.08 Å². The van der Waals surface area contributed by atoms with Gasteiger partial charge in [-0.05, 0) is 48.0 Å². The van der Waals surface area contributed by atoms with Gasteiger partial charge in [-0.2, -0.15) is 0 Å². The highest BCUT2D eigenvalue weighted by atomic mass is 16.5. The van der Waals surface area contributed by atoms with E-state index in [1.54, 1.807) is 12.1 Å². The van der Waals surface area contributed by atoms with E-state index in [1.165, 1.54) is 43.5 Å². The summed E-state index contributed by atoms with van der Waals surface area (Å²) in [6, 6.07) is 10.2. The lowest BCUT2D eigenvalue weighted by atomic mass is 10.2. The smallest absolute Gasteiger partial charge is 0.275 e. The van der Waals surface area contributed by atoms with E-state index in [1.807, 2.05) is 0 Å². The lowest BCUT2D eigenvalue weighted by Gasteiger charge is -2.12.